The topological polar surface area (TPSA) is 32.6 Å². The Morgan fingerprint density at radius 1 is 0.941 bits per heavy atom. The molecule has 1 rings (SSSR count). The van der Waals surface area contributed by atoms with Crippen molar-refractivity contribution in [1.82, 2.24) is 0 Å². The fraction of sp³-hybridized carbons (Fsp3) is 0.222. The van der Waals surface area contributed by atoms with E-state index in [1.54, 1.807) is 0 Å². The smallest absolute Gasteiger partial charge is 0.410 e. The number of alkyl halides is 6. The maximum atomic E-state index is 12.2. The third-order valence-corrected chi connectivity index (χ3v) is 1.85. The fourth-order valence-electron chi connectivity index (χ4n) is 1.10. The first-order chi connectivity index (χ1) is 7.66. The van der Waals surface area contributed by atoms with Crippen molar-refractivity contribution in [2.45, 2.75) is 12.4 Å². The van der Waals surface area contributed by atoms with Crippen LogP contribution in [0.15, 0.2) is 29.4 Å². The number of hydrogen-bond donors (Lipinski definition) is 1. The van der Waals surface area contributed by atoms with Crippen molar-refractivity contribution >= 4 is 5.71 Å². The summed E-state index contributed by atoms with van der Waals surface area (Å²) in [5.41, 5.74) is -3.38. The zero-order chi connectivity index (χ0) is 13.3. The Bertz CT molecular complexity index is 417. The summed E-state index contributed by atoms with van der Waals surface area (Å²) in [4.78, 5) is 0. The molecule has 0 heterocycles. The molecule has 0 aliphatic rings. The summed E-state index contributed by atoms with van der Waals surface area (Å²) in [5, 5.41) is 10.2. The van der Waals surface area contributed by atoms with E-state index in [0.29, 0.717) is 24.3 Å². The maximum Gasteiger partial charge on any atom is 0.437 e. The highest BCUT2D eigenvalue weighted by Gasteiger charge is 2.38. The molecule has 17 heavy (non-hydrogen) atoms. The van der Waals surface area contributed by atoms with Gasteiger partial charge in [0, 0.05) is 5.56 Å². The molecule has 1 N–H and O–H groups in total. The molecule has 0 atom stereocenters. The molecule has 1 aromatic carbocycles. The Kier molecular flexibility index (Phi) is 3.35. The number of hydrogen-bond acceptors (Lipinski definition) is 2. The van der Waals surface area contributed by atoms with Crippen molar-refractivity contribution in [3.63, 3.8) is 0 Å². The Labute approximate surface area is 91.2 Å². The average Bonchev–Trinajstić information content (AvgIpc) is 2.16. The van der Waals surface area contributed by atoms with Crippen LogP contribution in [-0.4, -0.2) is 17.1 Å². The van der Waals surface area contributed by atoms with Crippen molar-refractivity contribution in [1.29, 1.82) is 0 Å². The van der Waals surface area contributed by atoms with E-state index in [2.05, 4.69) is 0 Å². The highest BCUT2D eigenvalue weighted by molar-refractivity contribution is 6.04. The Morgan fingerprint density at radius 3 is 1.71 bits per heavy atom. The van der Waals surface area contributed by atoms with Crippen LogP contribution in [0.1, 0.15) is 11.1 Å². The maximum absolute atomic E-state index is 12.2. The molecular formula is C9H5F6NO. The molecule has 0 amide bonds. The fourth-order valence-corrected chi connectivity index (χ4v) is 1.10. The number of halogens is 6. The van der Waals surface area contributed by atoms with E-state index in [4.69, 9.17) is 5.21 Å². The monoisotopic (exact) mass is 257 g/mol. The molecule has 0 aliphatic carbocycles. The summed E-state index contributed by atoms with van der Waals surface area (Å²) >= 11 is 0. The molecule has 1 aromatic rings. The van der Waals surface area contributed by atoms with Gasteiger partial charge in [-0.3, -0.25) is 0 Å². The first-order valence-corrected chi connectivity index (χ1v) is 4.13. The highest BCUT2D eigenvalue weighted by Crippen LogP contribution is 2.30. The minimum absolute atomic E-state index is 0.478. The minimum atomic E-state index is -4.94. The lowest BCUT2D eigenvalue weighted by molar-refractivity contribution is -0.137. The van der Waals surface area contributed by atoms with Crippen molar-refractivity contribution in [3.8, 4) is 0 Å². The van der Waals surface area contributed by atoms with Gasteiger partial charge in [0.05, 0.1) is 5.56 Å². The van der Waals surface area contributed by atoms with E-state index in [0.717, 1.165) is 0 Å². The number of nitrogens with zero attached hydrogens (tertiary/aromatic N) is 1. The van der Waals surface area contributed by atoms with Crippen LogP contribution in [0.3, 0.4) is 0 Å². The molecule has 94 valence electrons. The molecule has 0 unspecified atom stereocenters. The standard InChI is InChI=1S/C9H5F6NO/c10-8(11,12)6-3-1-5(2-4-6)7(16-17)9(13,14)15/h1-4,17H. The molecule has 0 fully saturated rings. The van der Waals surface area contributed by atoms with E-state index in [-0.39, 0.29) is 0 Å². The summed E-state index contributed by atoms with van der Waals surface area (Å²) in [5.74, 6) is 0. The van der Waals surface area contributed by atoms with E-state index < -0.39 is 29.2 Å². The Morgan fingerprint density at radius 2 is 1.41 bits per heavy atom. The zero-order valence-electron chi connectivity index (χ0n) is 7.97. The number of oxime groups is 1. The second kappa shape index (κ2) is 4.27. The summed E-state index contributed by atoms with van der Waals surface area (Å²) in [6.07, 6.45) is -9.57. The lowest BCUT2D eigenvalue weighted by Gasteiger charge is -2.10. The molecule has 0 spiro atoms. The second-order valence-corrected chi connectivity index (χ2v) is 3.02. The first-order valence-electron chi connectivity index (χ1n) is 4.13. The van der Waals surface area contributed by atoms with Gasteiger partial charge in [-0.2, -0.15) is 26.3 Å². The molecule has 0 saturated heterocycles. The van der Waals surface area contributed by atoms with Gasteiger partial charge >= 0.3 is 12.4 Å². The molecule has 8 heteroatoms. The van der Waals surface area contributed by atoms with Crippen LogP contribution in [0, 0.1) is 0 Å². The molecule has 0 saturated carbocycles. The lowest BCUT2D eigenvalue weighted by atomic mass is 10.1. The average molecular weight is 257 g/mol. The van der Waals surface area contributed by atoms with Gasteiger partial charge in [-0.1, -0.05) is 17.3 Å². The van der Waals surface area contributed by atoms with E-state index in [9.17, 15) is 26.3 Å². The van der Waals surface area contributed by atoms with Gasteiger partial charge in [-0.25, -0.2) is 0 Å². The largest absolute Gasteiger partial charge is 0.437 e. The SMILES string of the molecule is ON=C(c1ccc(C(F)(F)F)cc1)C(F)(F)F. The van der Waals surface area contributed by atoms with Gasteiger partial charge in [-0.05, 0) is 12.1 Å². The predicted molar refractivity (Wildman–Crippen MR) is 45.8 cm³/mol. The van der Waals surface area contributed by atoms with Gasteiger partial charge in [0.25, 0.3) is 0 Å². The molecular weight excluding hydrogens is 252 g/mol. The third-order valence-electron chi connectivity index (χ3n) is 1.85. The molecule has 0 radical (unpaired) electrons. The van der Waals surface area contributed by atoms with Crippen LogP contribution in [-0.2, 0) is 6.18 Å². The van der Waals surface area contributed by atoms with Gasteiger partial charge in [-0.15, -0.1) is 0 Å². The predicted octanol–water partition coefficient (Wildman–Crippen LogP) is 3.45. The Balaban J connectivity index is 3.11. The van der Waals surface area contributed by atoms with Crippen molar-refractivity contribution in [3.05, 3.63) is 35.4 Å². The van der Waals surface area contributed by atoms with Crippen LogP contribution < -0.4 is 0 Å². The van der Waals surface area contributed by atoms with E-state index >= 15 is 0 Å². The molecule has 0 bridgehead atoms. The van der Waals surface area contributed by atoms with Crippen molar-refractivity contribution in [2.75, 3.05) is 0 Å². The van der Waals surface area contributed by atoms with Crippen LogP contribution in [0.4, 0.5) is 26.3 Å². The molecule has 2 nitrogen and oxygen atoms in total. The third kappa shape index (κ3) is 3.11. The van der Waals surface area contributed by atoms with Gasteiger partial charge in [0.1, 0.15) is 0 Å². The van der Waals surface area contributed by atoms with Crippen LogP contribution >= 0.6 is 0 Å². The summed E-state index contributed by atoms with van der Waals surface area (Å²) in [6.45, 7) is 0. The minimum Gasteiger partial charge on any atom is -0.410 e. The van der Waals surface area contributed by atoms with Gasteiger partial charge in [0.2, 0.25) is 0 Å². The van der Waals surface area contributed by atoms with Crippen LogP contribution in [0.2, 0.25) is 0 Å². The van der Waals surface area contributed by atoms with Crippen LogP contribution in [0.5, 0.6) is 0 Å². The summed E-state index contributed by atoms with van der Waals surface area (Å²) in [7, 11) is 0. The van der Waals surface area contributed by atoms with Crippen molar-refractivity contribution < 1.29 is 31.5 Å². The highest BCUT2D eigenvalue weighted by atomic mass is 19.4. The summed E-state index contributed by atoms with van der Waals surface area (Å²) < 4.78 is 73.1. The zero-order valence-corrected chi connectivity index (χ0v) is 7.97. The van der Waals surface area contributed by atoms with Gasteiger partial charge in [0.15, 0.2) is 5.71 Å². The molecule has 0 aromatic heterocycles. The van der Waals surface area contributed by atoms with Crippen LogP contribution in [0.25, 0.3) is 0 Å². The quantitative estimate of drug-likeness (QED) is 0.355. The number of benzene rings is 1. The van der Waals surface area contributed by atoms with E-state index in [1.165, 1.54) is 0 Å². The lowest BCUT2D eigenvalue weighted by Crippen LogP contribution is -2.24. The van der Waals surface area contributed by atoms with Gasteiger partial charge < -0.3 is 5.21 Å². The Hall–Kier alpha value is -1.73. The van der Waals surface area contributed by atoms with Crippen molar-refractivity contribution in [2.24, 2.45) is 5.16 Å². The number of rotatable bonds is 1. The normalized spacial score (nSPS) is 13.9. The first kappa shape index (κ1) is 13.3. The summed E-state index contributed by atoms with van der Waals surface area (Å²) in [6, 6.07) is 2.13. The van der Waals surface area contributed by atoms with E-state index in [1.807, 2.05) is 5.16 Å². The second-order valence-electron chi connectivity index (χ2n) is 3.02. The molecule has 0 aliphatic heterocycles.